The van der Waals surface area contributed by atoms with Gasteiger partial charge in [-0.05, 0) is 54.0 Å². The molecule has 0 saturated heterocycles. The van der Waals surface area contributed by atoms with E-state index in [-0.39, 0.29) is 12.5 Å². The zero-order chi connectivity index (χ0) is 18.9. The van der Waals surface area contributed by atoms with E-state index < -0.39 is 0 Å². The fraction of sp³-hybridized carbons (Fsp3) is 0.316. The van der Waals surface area contributed by atoms with Crippen molar-refractivity contribution in [3.05, 3.63) is 40.9 Å². The van der Waals surface area contributed by atoms with Crippen LogP contribution in [0.15, 0.2) is 40.9 Å². The van der Waals surface area contributed by atoms with Gasteiger partial charge in [-0.2, -0.15) is 0 Å². The molecule has 140 valence electrons. The van der Waals surface area contributed by atoms with Crippen LogP contribution >= 0.6 is 15.9 Å². The Morgan fingerprint density at radius 1 is 1.04 bits per heavy atom. The first-order valence-corrected chi connectivity index (χ1v) is 9.13. The Hall–Kier alpha value is -2.41. The maximum atomic E-state index is 12.2. The molecule has 7 heteroatoms. The highest BCUT2D eigenvalue weighted by Gasteiger charge is 2.09. The van der Waals surface area contributed by atoms with Crippen LogP contribution in [0.5, 0.6) is 17.2 Å². The molecule has 0 bridgehead atoms. The van der Waals surface area contributed by atoms with Crippen molar-refractivity contribution in [2.45, 2.75) is 13.8 Å². The molecule has 0 atom stereocenters. The van der Waals surface area contributed by atoms with Gasteiger partial charge in [0.25, 0.3) is 0 Å². The van der Waals surface area contributed by atoms with Crippen molar-refractivity contribution in [2.75, 3.05) is 37.5 Å². The molecule has 0 aromatic heterocycles. The minimum Gasteiger partial charge on any atom is -0.497 e. The summed E-state index contributed by atoms with van der Waals surface area (Å²) < 4.78 is 17.1. The van der Waals surface area contributed by atoms with E-state index >= 15 is 0 Å². The van der Waals surface area contributed by atoms with Crippen molar-refractivity contribution in [3.63, 3.8) is 0 Å². The number of ether oxygens (including phenoxy) is 3. The van der Waals surface area contributed by atoms with E-state index in [1.807, 2.05) is 32.0 Å². The summed E-state index contributed by atoms with van der Waals surface area (Å²) in [6.07, 6.45) is 0. The van der Waals surface area contributed by atoms with E-state index in [0.717, 1.165) is 10.2 Å². The predicted octanol–water partition coefficient (Wildman–Crippen LogP) is 4.31. The second kappa shape index (κ2) is 9.91. The van der Waals surface area contributed by atoms with E-state index in [4.69, 9.17) is 14.2 Å². The molecule has 1 amide bonds. The highest BCUT2D eigenvalue weighted by molar-refractivity contribution is 9.10. The van der Waals surface area contributed by atoms with Crippen LogP contribution in [0.2, 0.25) is 0 Å². The monoisotopic (exact) mass is 422 g/mol. The lowest BCUT2D eigenvalue weighted by molar-refractivity contribution is -0.114. The van der Waals surface area contributed by atoms with Crippen LogP contribution < -0.4 is 24.8 Å². The van der Waals surface area contributed by atoms with Crippen LogP contribution in [-0.2, 0) is 4.79 Å². The number of carbonyl (C=O) groups is 1. The average molecular weight is 423 g/mol. The average Bonchev–Trinajstić information content (AvgIpc) is 2.63. The Balaban J connectivity index is 2.00. The first kappa shape index (κ1) is 19.9. The lowest BCUT2D eigenvalue weighted by atomic mass is 10.2. The van der Waals surface area contributed by atoms with Crippen molar-refractivity contribution >= 4 is 33.2 Å². The zero-order valence-electron chi connectivity index (χ0n) is 15.1. The van der Waals surface area contributed by atoms with Gasteiger partial charge in [-0.15, -0.1) is 0 Å². The number of rotatable bonds is 9. The molecule has 0 spiro atoms. The zero-order valence-corrected chi connectivity index (χ0v) is 16.7. The molecule has 6 nitrogen and oxygen atoms in total. The van der Waals surface area contributed by atoms with Crippen molar-refractivity contribution in [1.29, 1.82) is 0 Å². The van der Waals surface area contributed by atoms with Crippen LogP contribution in [0.3, 0.4) is 0 Å². The molecule has 0 aliphatic heterocycles. The number of hydrogen-bond acceptors (Lipinski definition) is 5. The lowest BCUT2D eigenvalue weighted by Crippen LogP contribution is -2.22. The molecule has 0 saturated carbocycles. The van der Waals surface area contributed by atoms with E-state index in [9.17, 15) is 4.79 Å². The lowest BCUT2D eigenvalue weighted by Gasteiger charge is -2.14. The molecule has 0 aliphatic carbocycles. The highest BCUT2D eigenvalue weighted by atomic mass is 79.9. The number of amides is 1. The summed E-state index contributed by atoms with van der Waals surface area (Å²) in [5, 5.41) is 5.93. The van der Waals surface area contributed by atoms with Crippen molar-refractivity contribution in [1.82, 2.24) is 0 Å². The van der Waals surface area contributed by atoms with Gasteiger partial charge in [0.15, 0.2) is 11.5 Å². The minimum atomic E-state index is -0.175. The number of anilines is 2. The third-order valence-electron chi connectivity index (χ3n) is 3.44. The second-order valence-electron chi connectivity index (χ2n) is 5.28. The Bertz CT molecular complexity index is 752. The molecule has 0 heterocycles. The molecule has 0 fully saturated rings. The molecule has 2 aromatic carbocycles. The van der Waals surface area contributed by atoms with Gasteiger partial charge in [-0.3, -0.25) is 4.79 Å². The fourth-order valence-electron chi connectivity index (χ4n) is 2.28. The standard InChI is InChI=1S/C19H23BrN2O4/c1-4-25-17-9-6-13(10-18(17)26-5-2)22-19(23)12-21-16-11-14(24-3)7-8-15(16)20/h6-11,21H,4-5,12H2,1-3H3,(H,22,23). The van der Waals surface area contributed by atoms with Gasteiger partial charge >= 0.3 is 0 Å². The first-order valence-electron chi connectivity index (χ1n) is 8.34. The Labute approximate surface area is 162 Å². The van der Waals surface area contributed by atoms with Crippen LogP contribution in [-0.4, -0.2) is 32.8 Å². The van der Waals surface area contributed by atoms with Crippen LogP contribution in [0, 0.1) is 0 Å². The normalized spacial score (nSPS) is 10.2. The topological polar surface area (TPSA) is 68.8 Å². The third-order valence-corrected chi connectivity index (χ3v) is 4.13. The number of benzene rings is 2. The molecule has 2 rings (SSSR count). The van der Waals surface area contributed by atoms with Gasteiger partial charge in [0.1, 0.15) is 5.75 Å². The first-order chi connectivity index (χ1) is 12.6. The van der Waals surface area contributed by atoms with Gasteiger partial charge < -0.3 is 24.8 Å². The Kier molecular flexibility index (Phi) is 7.59. The minimum absolute atomic E-state index is 0.114. The Morgan fingerprint density at radius 2 is 1.77 bits per heavy atom. The van der Waals surface area contributed by atoms with Crippen molar-refractivity contribution in [2.24, 2.45) is 0 Å². The molecular weight excluding hydrogens is 400 g/mol. The van der Waals surface area contributed by atoms with Crippen LogP contribution in [0.25, 0.3) is 0 Å². The Morgan fingerprint density at radius 3 is 2.46 bits per heavy atom. The number of carbonyl (C=O) groups excluding carboxylic acids is 1. The van der Waals surface area contributed by atoms with E-state index in [1.165, 1.54) is 0 Å². The fourth-order valence-corrected chi connectivity index (χ4v) is 2.66. The number of hydrogen-bond donors (Lipinski definition) is 2. The summed E-state index contributed by atoms with van der Waals surface area (Å²) in [6.45, 7) is 4.99. The maximum absolute atomic E-state index is 12.2. The predicted molar refractivity (Wildman–Crippen MR) is 107 cm³/mol. The van der Waals surface area contributed by atoms with Gasteiger partial charge in [-0.1, -0.05) is 0 Å². The quantitative estimate of drug-likeness (QED) is 0.629. The third kappa shape index (κ3) is 5.56. The summed E-state index contributed by atoms with van der Waals surface area (Å²) in [7, 11) is 1.60. The van der Waals surface area contributed by atoms with E-state index in [2.05, 4.69) is 26.6 Å². The van der Waals surface area contributed by atoms with E-state index in [0.29, 0.717) is 36.1 Å². The number of halogens is 1. The summed E-state index contributed by atoms with van der Waals surface area (Å²) in [5.74, 6) is 1.80. The van der Waals surface area contributed by atoms with Crippen LogP contribution in [0.4, 0.5) is 11.4 Å². The van der Waals surface area contributed by atoms with Gasteiger partial charge in [0, 0.05) is 22.3 Å². The second-order valence-corrected chi connectivity index (χ2v) is 6.13. The van der Waals surface area contributed by atoms with Crippen molar-refractivity contribution in [3.8, 4) is 17.2 Å². The molecule has 0 radical (unpaired) electrons. The summed E-state index contributed by atoms with van der Waals surface area (Å²) in [4.78, 5) is 12.2. The SMILES string of the molecule is CCOc1ccc(NC(=O)CNc2cc(OC)ccc2Br)cc1OCC. The van der Waals surface area contributed by atoms with Crippen LogP contribution in [0.1, 0.15) is 13.8 Å². The molecule has 26 heavy (non-hydrogen) atoms. The van der Waals surface area contributed by atoms with Crippen molar-refractivity contribution < 1.29 is 19.0 Å². The van der Waals surface area contributed by atoms with Gasteiger partial charge in [-0.25, -0.2) is 0 Å². The summed E-state index contributed by atoms with van der Waals surface area (Å²) in [6, 6.07) is 10.8. The smallest absolute Gasteiger partial charge is 0.243 e. The molecule has 2 aromatic rings. The van der Waals surface area contributed by atoms with E-state index in [1.54, 1.807) is 25.3 Å². The molecule has 2 N–H and O–H groups in total. The summed E-state index contributed by atoms with van der Waals surface area (Å²) >= 11 is 3.45. The molecule has 0 unspecified atom stereocenters. The van der Waals surface area contributed by atoms with Gasteiger partial charge in [0.2, 0.25) is 5.91 Å². The number of methoxy groups -OCH3 is 1. The summed E-state index contributed by atoms with van der Waals surface area (Å²) in [5.41, 5.74) is 1.43. The maximum Gasteiger partial charge on any atom is 0.243 e. The number of nitrogens with one attached hydrogen (secondary N) is 2. The van der Waals surface area contributed by atoms with Gasteiger partial charge in [0.05, 0.1) is 32.6 Å². The highest BCUT2D eigenvalue weighted by Crippen LogP contribution is 2.31. The molecular formula is C19H23BrN2O4. The molecule has 0 aliphatic rings. The largest absolute Gasteiger partial charge is 0.497 e.